The lowest BCUT2D eigenvalue weighted by atomic mass is 10.3. The topological polar surface area (TPSA) is 71.8 Å². The van der Waals surface area contributed by atoms with Crippen molar-refractivity contribution in [2.75, 3.05) is 18.4 Å². The van der Waals surface area contributed by atoms with Crippen molar-refractivity contribution in [3.8, 4) is 0 Å². The number of carbonyl (C=O) groups excluding carboxylic acids is 1. The third-order valence-electron chi connectivity index (χ3n) is 2.73. The monoisotopic (exact) mass is 273 g/mol. The summed E-state index contributed by atoms with van der Waals surface area (Å²) in [6.45, 7) is 5.91. The van der Waals surface area contributed by atoms with E-state index in [1.807, 2.05) is 32.2 Å². The Balaban J connectivity index is 1.86. The molecule has 2 heterocycles. The van der Waals surface area contributed by atoms with Crippen LogP contribution in [0.2, 0.25) is 0 Å². The summed E-state index contributed by atoms with van der Waals surface area (Å²) < 4.78 is 1.80. The van der Waals surface area contributed by atoms with Gasteiger partial charge < -0.3 is 10.6 Å². The number of amides is 1. The highest BCUT2D eigenvalue weighted by atomic mass is 16.1. The van der Waals surface area contributed by atoms with Gasteiger partial charge in [-0.2, -0.15) is 5.10 Å². The van der Waals surface area contributed by atoms with Crippen LogP contribution in [0.3, 0.4) is 0 Å². The molecule has 0 saturated heterocycles. The number of nitrogens with one attached hydrogen (secondary N) is 2. The Hall–Kier alpha value is -2.37. The second-order valence-corrected chi connectivity index (χ2v) is 4.48. The molecule has 0 aromatic carbocycles. The van der Waals surface area contributed by atoms with Gasteiger partial charge in [0.25, 0.3) is 5.91 Å². The zero-order valence-electron chi connectivity index (χ0n) is 11.8. The summed E-state index contributed by atoms with van der Waals surface area (Å²) in [5.74, 6) is 0.538. The largest absolute Gasteiger partial charge is 0.370 e. The van der Waals surface area contributed by atoms with E-state index in [1.165, 1.54) is 0 Å². The Kier molecular flexibility index (Phi) is 4.70. The number of aryl methyl sites for hydroxylation is 1. The third kappa shape index (κ3) is 3.81. The summed E-state index contributed by atoms with van der Waals surface area (Å²) in [5, 5.41) is 10.1. The molecule has 2 aromatic rings. The van der Waals surface area contributed by atoms with Crippen LogP contribution in [-0.4, -0.2) is 33.8 Å². The molecule has 6 heteroatoms. The maximum absolute atomic E-state index is 12.0. The Bertz CT molecular complexity index is 578. The number of hydrogen-bond acceptors (Lipinski definition) is 4. The minimum atomic E-state index is -0.173. The van der Waals surface area contributed by atoms with Gasteiger partial charge in [0, 0.05) is 19.3 Å². The summed E-state index contributed by atoms with van der Waals surface area (Å²) in [5.41, 5.74) is 1.52. The van der Waals surface area contributed by atoms with E-state index in [9.17, 15) is 4.79 Å². The van der Waals surface area contributed by atoms with Crippen LogP contribution in [0.25, 0.3) is 0 Å². The van der Waals surface area contributed by atoms with Crippen molar-refractivity contribution in [2.45, 2.75) is 20.4 Å². The zero-order chi connectivity index (χ0) is 14.4. The molecule has 2 aromatic heterocycles. The standard InChI is InChI=1S/C14H19N5O/c1-3-15-13-6-4-5-12(18-13)14(20)16-7-8-19-10-11(2)9-17-19/h4-6,9-10H,3,7-8H2,1-2H3,(H,15,18)(H,16,20). The second-order valence-electron chi connectivity index (χ2n) is 4.48. The highest BCUT2D eigenvalue weighted by Crippen LogP contribution is 2.04. The quantitative estimate of drug-likeness (QED) is 0.835. The summed E-state index contributed by atoms with van der Waals surface area (Å²) in [6, 6.07) is 5.36. The van der Waals surface area contributed by atoms with Crippen molar-refractivity contribution < 1.29 is 4.79 Å². The predicted molar refractivity (Wildman–Crippen MR) is 77.7 cm³/mol. The van der Waals surface area contributed by atoms with Gasteiger partial charge in [0.05, 0.1) is 12.7 Å². The molecule has 0 aliphatic heterocycles. The molecular weight excluding hydrogens is 254 g/mol. The van der Waals surface area contributed by atoms with Crippen molar-refractivity contribution in [1.82, 2.24) is 20.1 Å². The van der Waals surface area contributed by atoms with E-state index in [2.05, 4.69) is 20.7 Å². The van der Waals surface area contributed by atoms with Crippen LogP contribution >= 0.6 is 0 Å². The van der Waals surface area contributed by atoms with Crippen LogP contribution in [-0.2, 0) is 6.54 Å². The van der Waals surface area contributed by atoms with E-state index in [1.54, 1.807) is 16.9 Å². The highest BCUT2D eigenvalue weighted by molar-refractivity contribution is 5.92. The minimum Gasteiger partial charge on any atom is -0.370 e. The molecule has 0 radical (unpaired) electrons. The smallest absolute Gasteiger partial charge is 0.270 e. The van der Waals surface area contributed by atoms with Gasteiger partial charge in [-0.05, 0) is 31.5 Å². The van der Waals surface area contributed by atoms with E-state index < -0.39 is 0 Å². The second kappa shape index (κ2) is 6.70. The Labute approximate surface area is 118 Å². The first-order chi connectivity index (χ1) is 9.69. The predicted octanol–water partition coefficient (Wildman–Crippen LogP) is 1.45. The maximum atomic E-state index is 12.0. The van der Waals surface area contributed by atoms with Crippen LogP contribution < -0.4 is 10.6 Å². The first-order valence-electron chi connectivity index (χ1n) is 6.67. The molecule has 0 spiro atoms. The van der Waals surface area contributed by atoms with E-state index in [-0.39, 0.29) is 5.91 Å². The van der Waals surface area contributed by atoms with Crippen molar-refractivity contribution in [3.05, 3.63) is 41.9 Å². The molecule has 20 heavy (non-hydrogen) atoms. The van der Waals surface area contributed by atoms with E-state index in [0.29, 0.717) is 24.6 Å². The van der Waals surface area contributed by atoms with Gasteiger partial charge in [0.2, 0.25) is 0 Å². The number of pyridine rings is 1. The number of carbonyl (C=O) groups is 1. The van der Waals surface area contributed by atoms with Gasteiger partial charge in [-0.1, -0.05) is 6.07 Å². The van der Waals surface area contributed by atoms with Crippen molar-refractivity contribution in [2.24, 2.45) is 0 Å². The van der Waals surface area contributed by atoms with Gasteiger partial charge in [-0.25, -0.2) is 4.98 Å². The maximum Gasteiger partial charge on any atom is 0.270 e. The third-order valence-corrected chi connectivity index (χ3v) is 2.73. The summed E-state index contributed by atoms with van der Waals surface area (Å²) in [7, 11) is 0. The number of nitrogens with zero attached hydrogens (tertiary/aromatic N) is 3. The molecule has 0 aliphatic carbocycles. The van der Waals surface area contributed by atoms with Crippen LogP contribution in [0.1, 0.15) is 23.0 Å². The fourth-order valence-corrected chi connectivity index (χ4v) is 1.80. The van der Waals surface area contributed by atoms with Gasteiger partial charge in [-0.3, -0.25) is 9.48 Å². The normalized spacial score (nSPS) is 10.3. The van der Waals surface area contributed by atoms with Gasteiger partial charge in [0.1, 0.15) is 11.5 Å². The van der Waals surface area contributed by atoms with Crippen molar-refractivity contribution in [3.63, 3.8) is 0 Å². The molecule has 0 unspecified atom stereocenters. The molecule has 2 N–H and O–H groups in total. The van der Waals surface area contributed by atoms with Gasteiger partial charge in [0.15, 0.2) is 0 Å². The van der Waals surface area contributed by atoms with Crippen LogP contribution in [0.15, 0.2) is 30.6 Å². The average Bonchev–Trinajstić information content (AvgIpc) is 2.85. The molecular formula is C14H19N5O. The molecule has 6 nitrogen and oxygen atoms in total. The first-order valence-corrected chi connectivity index (χ1v) is 6.67. The number of anilines is 1. The Morgan fingerprint density at radius 3 is 2.95 bits per heavy atom. The van der Waals surface area contributed by atoms with Crippen molar-refractivity contribution in [1.29, 1.82) is 0 Å². The van der Waals surface area contributed by atoms with Crippen LogP contribution in [0.5, 0.6) is 0 Å². The number of rotatable bonds is 6. The van der Waals surface area contributed by atoms with Gasteiger partial charge >= 0.3 is 0 Å². The Morgan fingerprint density at radius 1 is 1.40 bits per heavy atom. The molecule has 0 fully saturated rings. The molecule has 0 saturated carbocycles. The average molecular weight is 273 g/mol. The first kappa shape index (κ1) is 14.0. The summed E-state index contributed by atoms with van der Waals surface area (Å²) >= 11 is 0. The molecule has 1 amide bonds. The fraction of sp³-hybridized carbons (Fsp3) is 0.357. The van der Waals surface area contributed by atoms with E-state index in [0.717, 1.165) is 12.1 Å². The molecule has 106 valence electrons. The lowest BCUT2D eigenvalue weighted by Crippen LogP contribution is -2.28. The van der Waals surface area contributed by atoms with E-state index >= 15 is 0 Å². The summed E-state index contributed by atoms with van der Waals surface area (Å²) in [4.78, 5) is 16.2. The Morgan fingerprint density at radius 2 is 2.25 bits per heavy atom. The fourth-order valence-electron chi connectivity index (χ4n) is 1.80. The summed E-state index contributed by atoms with van der Waals surface area (Å²) in [6.07, 6.45) is 3.74. The van der Waals surface area contributed by atoms with Crippen LogP contribution in [0.4, 0.5) is 5.82 Å². The van der Waals surface area contributed by atoms with E-state index in [4.69, 9.17) is 0 Å². The number of hydrogen-bond donors (Lipinski definition) is 2. The zero-order valence-corrected chi connectivity index (χ0v) is 11.8. The minimum absolute atomic E-state index is 0.173. The van der Waals surface area contributed by atoms with Crippen molar-refractivity contribution >= 4 is 11.7 Å². The lowest BCUT2D eigenvalue weighted by molar-refractivity contribution is 0.0947. The molecule has 0 aliphatic rings. The SMILES string of the molecule is CCNc1cccc(C(=O)NCCn2cc(C)cn2)n1. The van der Waals surface area contributed by atoms with Crippen LogP contribution in [0, 0.1) is 6.92 Å². The highest BCUT2D eigenvalue weighted by Gasteiger charge is 2.07. The lowest BCUT2D eigenvalue weighted by Gasteiger charge is -2.07. The number of aromatic nitrogens is 3. The molecule has 0 atom stereocenters. The molecule has 2 rings (SSSR count). The van der Waals surface area contributed by atoms with Gasteiger partial charge in [-0.15, -0.1) is 0 Å². The molecule has 0 bridgehead atoms.